The van der Waals surface area contributed by atoms with E-state index in [1.165, 1.54) is 30.5 Å². The highest BCUT2D eigenvalue weighted by molar-refractivity contribution is 6.06. The SMILES string of the molecule is O=C(O)c1cc(NC(=O)c2ccnc(-c3cc(C(=O)O)cc(C(=O)O)c3)c2)cc(C(=O)O)c1. The molecule has 1 heterocycles. The molecule has 0 bridgehead atoms. The summed E-state index contributed by atoms with van der Waals surface area (Å²) in [6.07, 6.45) is 1.24. The number of pyridine rings is 1. The minimum absolute atomic E-state index is 0.0233. The van der Waals surface area contributed by atoms with Crippen molar-refractivity contribution >= 4 is 35.5 Å². The average molecular weight is 450 g/mol. The van der Waals surface area contributed by atoms with Gasteiger partial charge in [-0.2, -0.15) is 0 Å². The number of rotatable bonds is 7. The first kappa shape index (κ1) is 22.6. The van der Waals surface area contributed by atoms with Gasteiger partial charge in [0.15, 0.2) is 0 Å². The zero-order valence-corrected chi connectivity index (χ0v) is 16.5. The van der Waals surface area contributed by atoms with E-state index in [4.69, 9.17) is 10.2 Å². The van der Waals surface area contributed by atoms with E-state index >= 15 is 0 Å². The Labute approximate surface area is 184 Å². The Balaban J connectivity index is 1.97. The maximum Gasteiger partial charge on any atom is 0.335 e. The highest BCUT2D eigenvalue weighted by Crippen LogP contribution is 2.23. The molecule has 0 aliphatic rings. The highest BCUT2D eigenvalue weighted by Gasteiger charge is 2.16. The molecule has 0 fully saturated rings. The summed E-state index contributed by atoms with van der Waals surface area (Å²) >= 11 is 0. The Morgan fingerprint density at radius 2 is 1.06 bits per heavy atom. The van der Waals surface area contributed by atoms with Crippen molar-refractivity contribution in [3.8, 4) is 11.3 Å². The normalized spacial score (nSPS) is 10.3. The van der Waals surface area contributed by atoms with E-state index < -0.39 is 29.8 Å². The van der Waals surface area contributed by atoms with Gasteiger partial charge in [-0.25, -0.2) is 19.2 Å². The number of aromatic carboxylic acids is 4. The number of carbonyl (C=O) groups is 5. The fourth-order valence-corrected chi connectivity index (χ4v) is 2.90. The first-order valence-corrected chi connectivity index (χ1v) is 9.06. The molecule has 0 spiro atoms. The van der Waals surface area contributed by atoms with Crippen LogP contribution in [0.15, 0.2) is 54.7 Å². The van der Waals surface area contributed by atoms with Crippen LogP contribution in [0.5, 0.6) is 0 Å². The Kier molecular flexibility index (Phi) is 6.15. The number of hydrogen-bond donors (Lipinski definition) is 5. The third kappa shape index (κ3) is 5.17. The first-order chi connectivity index (χ1) is 15.5. The smallest absolute Gasteiger partial charge is 0.335 e. The second-order valence-corrected chi connectivity index (χ2v) is 6.70. The average Bonchev–Trinajstić information content (AvgIpc) is 2.78. The van der Waals surface area contributed by atoms with Gasteiger partial charge in [0.2, 0.25) is 0 Å². The standard InChI is InChI=1S/C22H14N2O9/c25-18(24-16-7-14(21(30)31)6-15(8-16)22(32)33)10-1-2-23-17(9-10)11-3-12(19(26)27)5-13(4-11)20(28)29/h1-9H,(H,24,25)(H,26,27)(H,28,29)(H,30,31)(H,32,33). The summed E-state index contributed by atoms with van der Waals surface area (Å²) in [6.45, 7) is 0. The molecule has 0 atom stereocenters. The van der Waals surface area contributed by atoms with Crippen molar-refractivity contribution in [1.29, 1.82) is 0 Å². The van der Waals surface area contributed by atoms with Crippen molar-refractivity contribution in [3.63, 3.8) is 0 Å². The van der Waals surface area contributed by atoms with Gasteiger partial charge < -0.3 is 25.7 Å². The quantitative estimate of drug-likeness (QED) is 0.357. The first-order valence-electron chi connectivity index (χ1n) is 9.06. The van der Waals surface area contributed by atoms with Gasteiger partial charge in [-0.05, 0) is 48.5 Å². The van der Waals surface area contributed by atoms with Crippen molar-refractivity contribution in [2.24, 2.45) is 0 Å². The summed E-state index contributed by atoms with van der Waals surface area (Å²) in [5, 5.41) is 39.2. The molecule has 166 valence electrons. The lowest BCUT2D eigenvalue weighted by atomic mass is 10.0. The van der Waals surface area contributed by atoms with Crippen LogP contribution in [0.25, 0.3) is 11.3 Å². The summed E-state index contributed by atoms with van der Waals surface area (Å²) in [4.78, 5) is 61.9. The molecule has 2 aromatic carbocycles. The van der Waals surface area contributed by atoms with Gasteiger partial charge in [-0.1, -0.05) is 0 Å². The van der Waals surface area contributed by atoms with Crippen molar-refractivity contribution < 1.29 is 44.4 Å². The Morgan fingerprint density at radius 1 is 0.606 bits per heavy atom. The summed E-state index contributed by atoms with van der Waals surface area (Å²) < 4.78 is 0. The molecular formula is C22H14N2O9. The summed E-state index contributed by atoms with van der Waals surface area (Å²) in [7, 11) is 0. The van der Waals surface area contributed by atoms with Crippen LogP contribution in [-0.2, 0) is 0 Å². The Hall–Kier alpha value is -5.06. The van der Waals surface area contributed by atoms with Crippen molar-refractivity contribution in [2.75, 3.05) is 5.32 Å². The van der Waals surface area contributed by atoms with Gasteiger partial charge in [-0.15, -0.1) is 0 Å². The van der Waals surface area contributed by atoms with Crippen LogP contribution in [0, 0.1) is 0 Å². The van der Waals surface area contributed by atoms with Gasteiger partial charge in [0.25, 0.3) is 5.91 Å². The molecule has 3 rings (SSSR count). The van der Waals surface area contributed by atoms with Crippen molar-refractivity contribution in [3.05, 3.63) is 82.5 Å². The van der Waals surface area contributed by atoms with Crippen LogP contribution in [-0.4, -0.2) is 55.2 Å². The molecule has 0 radical (unpaired) electrons. The zero-order chi connectivity index (χ0) is 24.3. The van der Waals surface area contributed by atoms with Gasteiger partial charge >= 0.3 is 23.9 Å². The minimum Gasteiger partial charge on any atom is -0.478 e. The molecule has 33 heavy (non-hydrogen) atoms. The zero-order valence-electron chi connectivity index (χ0n) is 16.5. The van der Waals surface area contributed by atoms with E-state index in [1.807, 2.05) is 0 Å². The summed E-state index contributed by atoms with van der Waals surface area (Å²) in [5.74, 6) is -6.19. The third-order valence-corrected chi connectivity index (χ3v) is 4.43. The van der Waals surface area contributed by atoms with Crippen LogP contribution >= 0.6 is 0 Å². The van der Waals surface area contributed by atoms with E-state index in [1.54, 1.807) is 0 Å². The number of anilines is 1. The predicted molar refractivity (Wildman–Crippen MR) is 112 cm³/mol. The number of carboxylic acid groups (broad SMARTS) is 4. The molecule has 11 heteroatoms. The number of nitrogens with one attached hydrogen (secondary N) is 1. The second kappa shape index (κ2) is 8.98. The number of nitrogens with zero attached hydrogens (tertiary/aromatic N) is 1. The maximum absolute atomic E-state index is 12.7. The van der Waals surface area contributed by atoms with Crippen LogP contribution in [0.4, 0.5) is 5.69 Å². The molecular weight excluding hydrogens is 436 g/mol. The predicted octanol–water partition coefficient (Wildman–Crippen LogP) is 2.79. The number of aromatic nitrogens is 1. The number of carbonyl (C=O) groups excluding carboxylic acids is 1. The number of amides is 1. The fourth-order valence-electron chi connectivity index (χ4n) is 2.90. The van der Waals surface area contributed by atoms with Gasteiger partial charge in [0, 0.05) is 23.0 Å². The van der Waals surface area contributed by atoms with Crippen LogP contribution in [0.3, 0.4) is 0 Å². The monoisotopic (exact) mass is 450 g/mol. The molecule has 5 N–H and O–H groups in total. The topological polar surface area (TPSA) is 191 Å². The van der Waals surface area contributed by atoms with Gasteiger partial charge in [-0.3, -0.25) is 9.78 Å². The third-order valence-electron chi connectivity index (χ3n) is 4.43. The van der Waals surface area contributed by atoms with Crippen LogP contribution in [0.1, 0.15) is 51.8 Å². The van der Waals surface area contributed by atoms with Crippen molar-refractivity contribution in [1.82, 2.24) is 4.98 Å². The van der Waals surface area contributed by atoms with E-state index in [2.05, 4.69) is 10.3 Å². The lowest BCUT2D eigenvalue weighted by molar-refractivity contribution is 0.0676. The maximum atomic E-state index is 12.7. The van der Waals surface area contributed by atoms with Crippen LogP contribution < -0.4 is 5.32 Å². The summed E-state index contributed by atoms with van der Waals surface area (Å²) in [6, 6.07) is 9.11. The fraction of sp³-hybridized carbons (Fsp3) is 0. The number of carboxylic acids is 4. The number of benzene rings is 2. The number of hydrogen-bond acceptors (Lipinski definition) is 6. The Bertz CT molecular complexity index is 1270. The highest BCUT2D eigenvalue weighted by atomic mass is 16.4. The molecule has 0 saturated heterocycles. The van der Waals surface area contributed by atoms with E-state index in [-0.39, 0.29) is 44.8 Å². The van der Waals surface area contributed by atoms with E-state index in [0.29, 0.717) is 0 Å². The van der Waals surface area contributed by atoms with Crippen molar-refractivity contribution in [2.45, 2.75) is 0 Å². The minimum atomic E-state index is -1.38. The molecule has 1 amide bonds. The molecule has 0 aliphatic carbocycles. The lowest BCUT2D eigenvalue weighted by Crippen LogP contribution is -2.14. The molecule has 3 aromatic rings. The second-order valence-electron chi connectivity index (χ2n) is 6.70. The van der Waals surface area contributed by atoms with E-state index in [9.17, 15) is 34.2 Å². The Morgan fingerprint density at radius 3 is 1.52 bits per heavy atom. The molecule has 0 unspecified atom stereocenters. The largest absolute Gasteiger partial charge is 0.478 e. The van der Waals surface area contributed by atoms with Crippen LogP contribution in [0.2, 0.25) is 0 Å². The molecule has 0 saturated carbocycles. The molecule has 1 aromatic heterocycles. The van der Waals surface area contributed by atoms with Gasteiger partial charge in [0.1, 0.15) is 0 Å². The lowest BCUT2D eigenvalue weighted by Gasteiger charge is -2.10. The molecule has 11 nitrogen and oxygen atoms in total. The molecule has 0 aliphatic heterocycles. The van der Waals surface area contributed by atoms with Gasteiger partial charge in [0.05, 0.1) is 27.9 Å². The van der Waals surface area contributed by atoms with E-state index in [0.717, 1.165) is 24.3 Å². The summed E-state index contributed by atoms with van der Waals surface area (Å²) in [5.41, 5.74) is -1.05.